The average molecular weight is 292 g/mol. The van der Waals surface area contributed by atoms with Crippen LogP contribution in [0.4, 0.5) is 11.6 Å². The van der Waals surface area contributed by atoms with Crippen LogP contribution in [0.1, 0.15) is 37.6 Å². The lowest BCUT2D eigenvalue weighted by Gasteiger charge is -2.13. The first kappa shape index (κ1) is 15.5. The number of amides is 1. The maximum Gasteiger partial charge on any atom is 0.223 e. The van der Waals surface area contributed by atoms with Gasteiger partial charge in [-0.05, 0) is 26.2 Å². The number of nitrogens with two attached hydrogens (primary N) is 1. The molecule has 0 radical (unpaired) electrons. The largest absolute Gasteiger partial charge is 0.368 e. The van der Waals surface area contributed by atoms with Gasteiger partial charge in [0.1, 0.15) is 17.5 Å². The van der Waals surface area contributed by atoms with Crippen LogP contribution in [0.15, 0.2) is 0 Å². The Morgan fingerprint density at radius 2 is 2.00 bits per heavy atom. The standard InChI is InChI=1S/C14H24N6O/c1-3-4-11-18-12(9(2)13(19-11)20-15)16-7-8-17-14(21)10-5-6-10/h10H,3-8,15H2,1-2H3,(H,17,21)(H2,16,18,19,20). The van der Waals surface area contributed by atoms with E-state index in [2.05, 4.69) is 33.0 Å². The van der Waals surface area contributed by atoms with Crippen molar-refractivity contribution in [1.82, 2.24) is 15.3 Å². The summed E-state index contributed by atoms with van der Waals surface area (Å²) in [6.45, 7) is 5.22. The molecule has 1 aliphatic carbocycles. The summed E-state index contributed by atoms with van der Waals surface area (Å²) in [7, 11) is 0. The first-order chi connectivity index (χ1) is 10.2. The van der Waals surface area contributed by atoms with Gasteiger partial charge in [0.2, 0.25) is 5.91 Å². The second-order valence-electron chi connectivity index (χ2n) is 5.35. The van der Waals surface area contributed by atoms with E-state index < -0.39 is 0 Å². The minimum absolute atomic E-state index is 0.159. The summed E-state index contributed by atoms with van der Waals surface area (Å²) in [5.74, 6) is 8.07. The molecule has 1 saturated carbocycles. The zero-order valence-corrected chi connectivity index (χ0v) is 12.7. The molecule has 1 fully saturated rings. The van der Waals surface area contributed by atoms with E-state index >= 15 is 0 Å². The molecule has 21 heavy (non-hydrogen) atoms. The molecule has 0 aliphatic heterocycles. The number of hydrazine groups is 1. The summed E-state index contributed by atoms with van der Waals surface area (Å²) in [6, 6.07) is 0. The van der Waals surface area contributed by atoms with Crippen LogP contribution in [-0.2, 0) is 11.2 Å². The van der Waals surface area contributed by atoms with Gasteiger partial charge >= 0.3 is 0 Å². The van der Waals surface area contributed by atoms with Crippen molar-refractivity contribution in [3.63, 3.8) is 0 Å². The molecule has 5 N–H and O–H groups in total. The Bertz CT molecular complexity index is 500. The second kappa shape index (κ2) is 7.21. The van der Waals surface area contributed by atoms with E-state index in [0.29, 0.717) is 18.9 Å². The lowest BCUT2D eigenvalue weighted by molar-refractivity contribution is -0.122. The second-order valence-corrected chi connectivity index (χ2v) is 5.35. The number of nitrogens with one attached hydrogen (secondary N) is 3. The van der Waals surface area contributed by atoms with E-state index in [4.69, 9.17) is 5.84 Å². The van der Waals surface area contributed by atoms with E-state index in [-0.39, 0.29) is 11.8 Å². The van der Waals surface area contributed by atoms with Crippen LogP contribution in [-0.4, -0.2) is 29.0 Å². The van der Waals surface area contributed by atoms with Crippen LogP contribution in [0.3, 0.4) is 0 Å². The van der Waals surface area contributed by atoms with E-state index in [1.165, 1.54) is 0 Å². The van der Waals surface area contributed by atoms with Gasteiger partial charge in [-0.3, -0.25) is 4.79 Å². The zero-order chi connectivity index (χ0) is 15.2. The summed E-state index contributed by atoms with van der Waals surface area (Å²) in [5.41, 5.74) is 3.49. The number of carbonyl (C=O) groups excluding carboxylic acids is 1. The van der Waals surface area contributed by atoms with Crippen molar-refractivity contribution in [3.05, 3.63) is 11.4 Å². The molecule has 0 bridgehead atoms. The predicted octanol–water partition coefficient (Wildman–Crippen LogP) is 0.961. The van der Waals surface area contributed by atoms with Crippen LogP contribution < -0.4 is 21.9 Å². The summed E-state index contributed by atoms with van der Waals surface area (Å²) in [4.78, 5) is 20.4. The fraction of sp³-hybridized carbons (Fsp3) is 0.643. The molecule has 1 aromatic heterocycles. The Morgan fingerprint density at radius 1 is 1.29 bits per heavy atom. The number of nitrogens with zero attached hydrogens (tertiary/aromatic N) is 2. The fourth-order valence-corrected chi connectivity index (χ4v) is 2.07. The smallest absolute Gasteiger partial charge is 0.223 e. The highest BCUT2D eigenvalue weighted by Crippen LogP contribution is 2.28. The molecule has 1 aromatic rings. The Labute approximate surface area is 125 Å². The summed E-state index contributed by atoms with van der Waals surface area (Å²) >= 11 is 0. The number of carbonyl (C=O) groups is 1. The lowest BCUT2D eigenvalue weighted by atomic mass is 10.2. The Kier molecular flexibility index (Phi) is 5.32. The van der Waals surface area contributed by atoms with Crippen LogP contribution in [0, 0.1) is 12.8 Å². The van der Waals surface area contributed by atoms with Crippen molar-refractivity contribution < 1.29 is 4.79 Å². The molecular formula is C14H24N6O. The molecule has 1 amide bonds. The van der Waals surface area contributed by atoms with Gasteiger partial charge in [-0.1, -0.05) is 6.92 Å². The number of aromatic nitrogens is 2. The number of rotatable bonds is 8. The van der Waals surface area contributed by atoms with Crippen molar-refractivity contribution >= 4 is 17.5 Å². The molecule has 0 aromatic carbocycles. The monoisotopic (exact) mass is 292 g/mol. The van der Waals surface area contributed by atoms with E-state index in [0.717, 1.165) is 42.9 Å². The molecule has 0 spiro atoms. The van der Waals surface area contributed by atoms with Crippen LogP contribution >= 0.6 is 0 Å². The van der Waals surface area contributed by atoms with Crippen molar-refractivity contribution in [2.75, 3.05) is 23.8 Å². The highest BCUT2D eigenvalue weighted by atomic mass is 16.2. The minimum Gasteiger partial charge on any atom is -0.368 e. The van der Waals surface area contributed by atoms with Gasteiger partial charge in [-0.25, -0.2) is 15.8 Å². The van der Waals surface area contributed by atoms with E-state index in [1.807, 2.05) is 6.92 Å². The van der Waals surface area contributed by atoms with Gasteiger partial charge in [-0.15, -0.1) is 0 Å². The molecular weight excluding hydrogens is 268 g/mol. The van der Waals surface area contributed by atoms with Crippen LogP contribution in [0.25, 0.3) is 0 Å². The molecule has 0 saturated heterocycles. The van der Waals surface area contributed by atoms with E-state index in [1.54, 1.807) is 0 Å². The molecule has 7 heteroatoms. The quantitative estimate of drug-likeness (QED) is 0.323. The lowest BCUT2D eigenvalue weighted by Crippen LogP contribution is -2.30. The number of anilines is 2. The summed E-state index contributed by atoms with van der Waals surface area (Å²) in [6.07, 6.45) is 3.83. The topological polar surface area (TPSA) is 105 Å². The third-order valence-electron chi connectivity index (χ3n) is 3.47. The molecule has 7 nitrogen and oxygen atoms in total. The van der Waals surface area contributed by atoms with Crippen molar-refractivity contribution in [3.8, 4) is 0 Å². The molecule has 0 unspecified atom stereocenters. The van der Waals surface area contributed by atoms with Crippen molar-refractivity contribution in [1.29, 1.82) is 0 Å². The van der Waals surface area contributed by atoms with Gasteiger partial charge in [0, 0.05) is 31.0 Å². The molecule has 116 valence electrons. The minimum atomic E-state index is 0.159. The third kappa shape index (κ3) is 4.29. The first-order valence-electron chi connectivity index (χ1n) is 7.51. The molecule has 1 aliphatic rings. The molecule has 1 heterocycles. The van der Waals surface area contributed by atoms with Gasteiger partial charge in [0.25, 0.3) is 0 Å². The van der Waals surface area contributed by atoms with Crippen LogP contribution in [0.5, 0.6) is 0 Å². The summed E-state index contributed by atoms with van der Waals surface area (Å²) < 4.78 is 0. The predicted molar refractivity (Wildman–Crippen MR) is 82.8 cm³/mol. The highest BCUT2D eigenvalue weighted by Gasteiger charge is 2.28. The summed E-state index contributed by atoms with van der Waals surface area (Å²) in [5, 5.41) is 6.16. The fourth-order valence-electron chi connectivity index (χ4n) is 2.07. The third-order valence-corrected chi connectivity index (χ3v) is 3.47. The van der Waals surface area contributed by atoms with Gasteiger partial charge < -0.3 is 16.1 Å². The first-order valence-corrected chi connectivity index (χ1v) is 7.51. The van der Waals surface area contributed by atoms with Crippen LogP contribution in [0.2, 0.25) is 0 Å². The normalized spacial score (nSPS) is 13.9. The maximum absolute atomic E-state index is 11.5. The van der Waals surface area contributed by atoms with Gasteiger partial charge in [-0.2, -0.15) is 0 Å². The zero-order valence-electron chi connectivity index (χ0n) is 12.7. The Balaban J connectivity index is 1.90. The maximum atomic E-state index is 11.5. The Morgan fingerprint density at radius 3 is 2.62 bits per heavy atom. The Hall–Kier alpha value is -1.89. The van der Waals surface area contributed by atoms with E-state index in [9.17, 15) is 4.79 Å². The number of nitrogen functional groups attached to an aromatic ring is 1. The van der Waals surface area contributed by atoms with Crippen molar-refractivity contribution in [2.24, 2.45) is 11.8 Å². The average Bonchev–Trinajstić information content (AvgIpc) is 3.31. The SMILES string of the molecule is CCCc1nc(NN)c(C)c(NCCNC(=O)C2CC2)n1. The number of hydrogen-bond acceptors (Lipinski definition) is 6. The molecule has 0 atom stereocenters. The molecule has 2 rings (SSSR count). The number of hydrogen-bond donors (Lipinski definition) is 4. The van der Waals surface area contributed by atoms with Crippen molar-refractivity contribution in [2.45, 2.75) is 39.5 Å². The van der Waals surface area contributed by atoms with Gasteiger partial charge in [0.05, 0.1) is 0 Å². The highest BCUT2D eigenvalue weighted by molar-refractivity contribution is 5.80. The number of aryl methyl sites for hydroxylation is 1. The van der Waals surface area contributed by atoms with Gasteiger partial charge in [0.15, 0.2) is 0 Å².